The van der Waals surface area contributed by atoms with Gasteiger partial charge in [-0.15, -0.1) is 0 Å². The van der Waals surface area contributed by atoms with Gasteiger partial charge in [-0.25, -0.2) is 0 Å². The lowest BCUT2D eigenvalue weighted by Crippen LogP contribution is -2.28. The Morgan fingerprint density at radius 2 is 2.33 bits per heavy atom. The number of aromatic nitrogens is 3. The molecule has 0 spiro atoms. The van der Waals surface area contributed by atoms with Crippen molar-refractivity contribution in [1.82, 2.24) is 20.5 Å². The van der Waals surface area contributed by atoms with E-state index in [1.807, 2.05) is 12.3 Å². The minimum atomic E-state index is 0.513. The van der Waals surface area contributed by atoms with Crippen molar-refractivity contribution in [2.45, 2.75) is 25.7 Å². The van der Waals surface area contributed by atoms with Crippen LogP contribution in [0.15, 0.2) is 24.5 Å². The second kappa shape index (κ2) is 4.90. The van der Waals surface area contributed by atoms with Gasteiger partial charge in [0.05, 0.1) is 5.69 Å². The summed E-state index contributed by atoms with van der Waals surface area (Å²) in [5, 5.41) is 11.1. The molecular formula is C14H18N4. The van der Waals surface area contributed by atoms with Crippen molar-refractivity contribution >= 4 is 0 Å². The van der Waals surface area contributed by atoms with Gasteiger partial charge in [0.1, 0.15) is 0 Å². The Labute approximate surface area is 107 Å². The van der Waals surface area contributed by atoms with Crippen molar-refractivity contribution in [3.8, 4) is 11.1 Å². The topological polar surface area (TPSA) is 53.6 Å². The lowest BCUT2D eigenvalue weighted by molar-refractivity contribution is 0.455. The van der Waals surface area contributed by atoms with Gasteiger partial charge in [0.25, 0.3) is 0 Å². The third-order valence-corrected chi connectivity index (χ3v) is 3.61. The van der Waals surface area contributed by atoms with E-state index in [9.17, 15) is 0 Å². The molecule has 1 aliphatic heterocycles. The molecule has 0 amide bonds. The maximum absolute atomic E-state index is 4.52. The highest BCUT2D eigenvalue weighted by Gasteiger charge is 2.23. The van der Waals surface area contributed by atoms with Gasteiger partial charge in [-0.1, -0.05) is 6.07 Å². The van der Waals surface area contributed by atoms with E-state index in [1.54, 1.807) is 6.20 Å². The first-order chi connectivity index (χ1) is 8.86. The van der Waals surface area contributed by atoms with E-state index in [0.717, 1.165) is 24.3 Å². The summed E-state index contributed by atoms with van der Waals surface area (Å²) in [7, 11) is 0. The number of aryl methyl sites for hydroxylation is 1. The zero-order valence-electron chi connectivity index (χ0n) is 10.6. The summed E-state index contributed by atoms with van der Waals surface area (Å²) in [4.78, 5) is 4.21. The molecule has 94 valence electrons. The molecule has 1 aliphatic rings. The van der Waals surface area contributed by atoms with Gasteiger partial charge < -0.3 is 5.32 Å². The predicted octanol–water partition coefficient (Wildman–Crippen LogP) is 2.25. The zero-order valence-corrected chi connectivity index (χ0v) is 10.6. The third-order valence-electron chi connectivity index (χ3n) is 3.61. The van der Waals surface area contributed by atoms with Crippen molar-refractivity contribution in [3.05, 3.63) is 35.9 Å². The Morgan fingerprint density at radius 3 is 3.06 bits per heavy atom. The van der Waals surface area contributed by atoms with Crippen LogP contribution in [-0.4, -0.2) is 28.3 Å². The fourth-order valence-corrected chi connectivity index (χ4v) is 2.70. The predicted molar refractivity (Wildman–Crippen MR) is 71.4 cm³/mol. The summed E-state index contributed by atoms with van der Waals surface area (Å²) in [5.74, 6) is 0.513. The van der Waals surface area contributed by atoms with Gasteiger partial charge >= 0.3 is 0 Å². The van der Waals surface area contributed by atoms with E-state index in [-0.39, 0.29) is 0 Å². The molecule has 18 heavy (non-hydrogen) atoms. The van der Waals surface area contributed by atoms with Crippen molar-refractivity contribution in [1.29, 1.82) is 0 Å². The summed E-state index contributed by atoms with van der Waals surface area (Å²) < 4.78 is 0. The SMILES string of the molecule is Cc1[nH]nc(C2CCCNC2)c1-c1cccnc1. The first-order valence-corrected chi connectivity index (χ1v) is 6.52. The normalized spacial score (nSPS) is 19.9. The molecule has 1 unspecified atom stereocenters. The number of aromatic amines is 1. The summed E-state index contributed by atoms with van der Waals surface area (Å²) in [6.07, 6.45) is 6.16. The Hall–Kier alpha value is -1.68. The zero-order chi connectivity index (χ0) is 12.4. The lowest BCUT2D eigenvalue weighted by Gasteiger charge is -2.22. The standard InChI is InChI=1S/C14H18N4/c1-10-13(11-4-2-6-15-8-11)14(18-17-10)12-5-3-7-16-9-12/h2,4,6,8,12,16H,3,5,7,9H2,1H3,(H,17,18). The van der Waals surface area contributed by atoms with Gasteiger partial charge in [0, 0.05) is 41.7 Å². The van der Waals surface area contributed by atoms with Crippen LogP contribution in [0.2, 0.25) is 0 Å². The average molecular weight is 242 g/mol. The molecule has 1 atom stereocenters. The monoisotopic (exact) mass is 242 g/mol. The van der Waals surface area contributed by atoms with Crippen LogP contribution in [0.4, 0.5) is 0 Å². The number of hydrogen-bond donors (Lipinski definition) is 2. The van der Waals surface area contributed by atoms with E-state index in [1.165, 1.54) is 24.1 Å². The highest BCUT2D eigenvalue weighted by molar-refractivity contribution is 5.68. The number of hydrogen-bond acceptors (Lipinski definition) is 3. The molecule has 0 saturated carbocycles. The van der Waals surface area contributed by atoms with Gasteiger partial charge in [-0.2, -0.15) is 5.10 Å². The van der Waals surface area contributed by atoms with Crippen molar-refractivity contribution in [2.75, 3.05) is 13.1 Å². The molecule has 1 saturated heterocycles. The first kappa shape index (κ1) is 11.4. The van der Waals surface area contributed by atoms with Crippen LogP contribution in [0.1, 0.15) is 30.1 Å². The smallest absolute Gasteiger partial charge is 0.0747 e. The molecule has 3 heterocycles. The maximum atomic E-state index is 4.52. The van der Waals surface area contributed by atoms with Crippen LogP contribution >= 0.6 is 0 Å². The van der Waals surface area contributed by atoms with Gasteiger partial charge in [-0.05, 0) is 32.4 Å². The second-order valence-corrected chi connectivity index (χ2v) is 4.89. The van der Waals surface area contributed by atoms with E-state index in [4.69, 9.17) is 0 Å². The van der Waals surface area contributed by atoms with E-state index >= 15 is 0 Å². The molecule has 0 bridgehead atoms. The molecule has 3 rings (SSSR count). The van der Waals surface area contributed by atoms with Crippen LogP contribution in [0.25, 0.3) is 11.1 Å². The summed E-state index contributed by atoms with van der Waals surface area (Å²) in [5.41, 5.74) is 4.71. The van der Waals surface area contributed by atoms with Gasteiger partial charge in [0.15, 0.2) is 0 Å². The van der Waals surface area contributed by atoms with E-state index < -0.39 is 0 Å². The number of pyridine rings is 1. The summed E-state index contributed by atoms with van der Waals surface area (Å²) in [6.45, 7) is 4.23. The van der Waals surface area contributed by atoms with Crippen LogP contribution in [0.5, 0.6) is 0 Å². The molecule has 2 aromatic rings. The Morgan fingerprint density at radius 1 is 1.39 bits per heavy atom. The molecular weight excluding hydrogens is 224 g/mol. The number of nitrogens with zero attached hydrogens (tertiary/aromatic N) is 2. The summed E-state index contributed by atoms with van der Waals surface area (Å²) in [6, 6.07) is 4.08. The molecule has 2 aromatic heterocycles. The molecule has 1 fully saturated rings. The largest absolute Gasteiger partial charge is 0.316 e. The Balaban J connectivity index is 2.01. The number of rotatable bonds is 2. The number of piperidine rings is 1. The van der Waals surface area contributed by atoms with Crippen LogP contribution < -0.4 is 5.32 Å². The van der Waals surface area contributed by atoms with Gasteiger partial charge in [0.2, 0.25) is 0 Å². The lowest BCUT2D eigenvalue weighted by atomic mass is 9.91. The minimum Gasteiger partial charge on any atom is -0.316 e. The highest BCUT2D eigenvalue weighted by atomic mass is 15.1. The maximum Gasteiger partial charge on any atom is 0.0747 e. The van der Waals surface area contributed by atoms with Crippen LogP contribution in [0.3, 0.4) is 0 Å². The molecule has 4 nitrogen and oxygen atoms in total. The van der Waals surface area contributed by atoms with Crippen molar-refractivity contribution < 1.29 is 0 Å². The van der Waals surface area contributed by atoms with Crippen LogP contribution in [-0.2, 0) is 0 Å². The molecule has 0 aliphatic carbocycles. The fourth-order valence-electron chi connectivity index (χ4n) is 2.70. The van der Waals surface area contributed by atoms with E-state index in [0.29, 0.717) is 5.92 Å². The molecule has 4 heteroatoms. The van der Waals surface area contributed by atoms with Crippen molar-refractivity contribution in [3.63, 3.8) is 0 Å². The van der Waals surface area contributed by atoms with Gasteiger partial charge in [-0.3, -0.25) is 10.1 Å². The second-order valence-electron chi connectivity index (χ2n) is 4.89. The highest BCUT2D eigenvalue weighted by Crippen LogP contribution is 2.32. The van der Waals surface area contributed by atoms with E-state index in [2.05, 4.69) is 33.5 Å². The quantitative estimate of drug-likeness (QED) is 0.849. The molecule has 0 radical (unpaired) electrons. The first-order valence-electron chi connectivity index (χ1n) is 6.52. The summed E-state index contributed by atoms with van der Waals surface area (Å²) >= 11 is 0. The fraction of sp³-hybridized carbons (Fsp3) is 0.429. The minimum absolute atomic E-state index is 0.513. The number of H-pyrrole nitrogens is 1. The number of nitrogens with one attached hydrogen (secondary N) is 2. The molecule has 0 aromatic carbocycles. The average Bonchev–Trinajstić information content (AvgIpc) is 2.83. The Kier molecular flexibility index (Phi) is 3.11. The Bertz CT molecular complexity index is 512. The third kappa shape index (κ3) is 2.04. The van der Waals surface area contributed by atoms with Crippen molar-refractivity contribution in [2.24, 2.45) is 0 Å². The molecule has 2 N–H and O–H groups in total. The van der Waals surface area contributed by atoms with Crippen LogP contribution in [0, 0.1) is 6.92 Å².